The molecule has 3 rings (SSSR count). The van der Waals surface area contributed by atoms with E-state index in [1.807, 2.05) is 19.9 Å². The molecule has 10 nitrogen and oxygen atoms in total. The van der Waals surface area contributed by atoms with Crippen LogP contribution in [-0.2, 0) is 9.53 Å². The van der Waals surface area contributed by atoms with Crippen LogP contribution in [-0.4, -0.2) is 90.5 Å². The third kappa shape index (κ3) is 11.5. The van der Waals surface area contributed by atoms with Crippen molar-refractivity contribution >= 4 is 29.2 Å². The lowest BCUT2D eigenvalue weighted by atomic mass is 10.0. The maximum Gasteiger partial charge on any atom is 0.389 e. The monoisotopic (exact) mass is 650 g/mol. The van der Waals surface area contributed by atoms with Gasteiger partial charge in [0.2, 0.25) is 5.91 Å². The first-order valence-corrected chi connectivity index (χ1v) is 15.5. The Kier molecular flexibility index (Phi) is 13.7. The summed E-state index contributed by atoms with van der Waals surface area (Å²) in [5.74, 6) is -1.15. The standard InChI is InChI=1S/C33H45F3N4O6/c1-22-19-40(23(2)21-41)31(43)27-18-26(38-32(44)37-25-11-6-5-7-12-25)13-14-28(27)46-24(3)10-8-9-17-45-29(22)20-39(4)30(42)15-16-33(34,35)36/h5-7,11-14,18,22-24,29,41H,8-10,15-17,19-21H2,1-4H3,(H2,37,38,44)/t22-,23-,24-,29+/m0/s1. The van der Waals surface area contributed by atoms with Gasteiger partial charge in [-0.15, -0.1) is 0 Å². The van der Waals surface area contributed by atoms with Gasteiger partial charge in [0.1, 0.15) is 5.75 Å². The number of aliphatic hydroxyl groups is 1. The lowest BCUT2D eigenvalue weighted by molar-refractivity contribution is -0.149. The molecule has 0 aromatic heterocycles. The van der Waals surface area contributed by atoms with Crippen molar-refractivity contribution in [2.45, 2.75) is 77.3 Å². The summed E-state index contributed by atoms with van der Waals surface area (Å²) in [5, 5.41) is 15.6. The molecule has 0 radical (unpaired) electrons. The van der Waals surface area contributed by atoms with Crippen LogP contribution >= 0.6 is 0 Å². The number of aliphatic hydroxyl groups excluding tert-OH is 1. The molecule has 2 aromatic carbocycles. The molecule has 0 unspecified atom stereocenters. The third-order valence-corrected chi connectivity index (χ3v) is 7.84. The van der Waals surface area contributed by atoms with E-state index in [0.717, 1.165) is 6.42 Å². The van der Waals surface area contributed by atoms with Gasteiger partial charge in [0.15, 0.2) is 0 Å². The predicted molar refractivity (Wildman–Crippen MR) is 169 cm³/mol. The van der Waals surface area contributed by atoms with Crippen molar-refractivity contribution in [3.63, 3.8) is 0 Å². The van der Waals surface area contributed by atoms with Gasteiger partial charge >= 0.3 is 12.2 Å². The number of hydrogen-bond acceptors (Lipinski definition) is 6. The molecular formula is C33H45F3N4O6. The van der Waals surface area contributed by atoms with E-state index < -0.39 is 49.0 Å². The minimum atomic E-state index is -4.44. The number of anilines is 2. The number of urea groups is 1. The Hall–Kier alpha value is -3.84. The molecule has 0 bridgehead atoms. The molecule has 0 saturated heterocycles. The number of para-hydroxylation sites is 1. The van der Waals surface area contributed by atoms with Crippen molar-refractivity contribution < 1.29 is 42.1 Å². The number of carbonyl (C=O) groups excluding carboxylic acids is 3. The summed E-state index contributed by atoms with van der Waals surface area (Å²) in [4.78, 5) is 42.1. The second kappa shape index (κ2) is 17.2. The van der Waals surface area contributed by atoms with Crippen molar-refractivity contribution in [1.82, 2.24) is 9.80 Å². The fourth-order valence-electron chi connectivity index (χ4n) is 5.09. The van der Waals surface area contributed by atoms with E-state index >= 15 is 0 Å². The van der Waals surface area contributed by atoms with E-state index in [9.17, 15) is 32.7 Å². The molecule has 0 fully saturated rings. The number of nitrogens with one attached hydrogen (secondary N) is 2. The van der Waals surface area contributed by atoms with Crippen LogP contribution in [0, 0.1) is 5.92 Å². The molecule has 0 saturated carbocycles. The van der Waals surface area contributed by atoms with Crippen LogP contribution < -0.4 is 15.4 Å². The van der Waals surface area contributed by atoms with Gasteiger partial charge in [-0.05, 0) is 63.4 Å². The van der Waals surface area contributed by atoms with Crippen LogP contribution in [0.15, 0.2) is 48.5 Å². The molecule has 254 valence electrons. The summed E-state index contributed by atoms with van der Waals surface area (Å²) >= 11 is 0. The van der Waals surface area contributed by atoms with Crippen LogP contribution in [0.1, 0.15) is 63.2 Å². The zero-order valence-electron chi connectivity index (χ0n) is 26.8. The lowest BCUT2D eigenvalue weighted by Crippen LogP contribution is -2.48. The molecule has 1 aliphatic heterocycles. The Morgan fingerprint density at radius 3 is 2.46 bits per heavy atom. The normalized spacial score (nSPS) is 20.5. The van der Waals surface area contributed by atoms with Crippen LogP contribution in [0.5, 0.6) is 5.75 Å². The fourth-order valence-corrected chi connectivity index (χ4v) is 5.09. The zero-order valence-corrected chi connectivity index (χ0v) is 26.8. The number of rotatable bonds is 8. The zero-order chi connectivity index (χ0) is 33.9. The molecule has 46 heavy (non-hydrogen) atoms. The number of amides is 4. The minimum absolute atomic E-state index is 0.0358. The molecular weight excluding hydrogens is 605 g/mol. The van der Waals surface area contributed by atoms with Gasteiger partial charge in [-0.1, -0.05) is 25.1 Å². The smallest absolute Gasteiger partial charge is 0.389 e. The van der Waals surface area contributed by atoms with Crippen LogP contribution in [0.2, 0.25) is 0 Å². The van der Waals surface area contributed by atoms with Crippen LogP contribution in [0.3, 0.4) is 0 Å². The predicted octanol–water partition coefficient (Wildman–Crippen LogP) is 5.93. The molecule has 0 spiro atoms. The summed E-state index contributed by atoms with van der Waals surface area (Å²) in [6.45, 7) is 5.57. The Morgan fingerprint density at radius 2 is 1.78 bits per heavy atom. The molecule has 13 heteroatoms. The van der Waals surface area contributed by atoms with E-state index in [-0.39, 0.29) is 37.3 Å². The van der Waals surface area contributed by atoms with Gasteiger partial charge in [0.05, 0.1) is 36.8 Å². The van der Waals surface area contributed by atoms with E-state index in [1.54, 1.807) is 43.3 Å². The highest BCUT2D eigenvalue weighted by atomic mass is 19.4. The van der Waals surface area contributed by atoms with E-state index in [4.69, 9.17) is 9.47 Å². The Morgan fingerprint density at radius 1 is 1.09 bits per heavy atom. The second-order valence-corrected chi connectivity index (χ2v) is 11.8. The van der Waals surface area contributed by atoms with Gasteiger partial charge in [0, 0.05) is 50.5 Å². The first kappa shape index (κ1) is 36.6. The van der Waals surface area contributed by atoms with Crippen molar-refractivity contribution in [2.75, 3.05) is 44.0 Å². The van der Waals surface area contributed by atoms with Crippen LogP contribution in [0.4, 0.5) is 29.3 Å². The first-order valence-electron chi connectivity index (χ1n) is 15.5. The number of ether oxygens (including phenoxy) is 2. The number of benzene rings is 2. The molecule has 1 heterocycles. The van der Waals surface area contributed by atoms with E-state index in [1.165, 1.54) is 22.9 Å². The summed E-state index contributed by atoms with van der Waals surface area (Å²) in [7, 11) is 1.44. The highest BCUT2D eigenvalue weighted by Crippen LogP contribution is 2.29. The van der Waals surface area contributed by atoms with Gasteiger partial charge in [-0.3, -0.25) is 9.59 Å². The second-order valence-electron chi connectivity index (χ2n) is 11.8. The van der Waals surface area contributed by atoms with Gasteiger partial charge in [-0.2, -0.15) is 13.2 Å². The van der Waals surface area contributed by atoms with Crippen molar-refractivity contribution in [3.05, 3.63) is 54.1 Å². The van der Waals surface area contributed by atoms with Crippen molar-refractivity contribution in [2.24, 2.45) is 5.92 Å². The minimum Gasteiger partial charge on any atom is -0.490 e. The first-order chi connectivity index (χ1) is 21.8. The third-order valence-electron chi connectivity index (χ3n) is 7.84. The molecule has 1 aliphatic rings. The average Bonchev–Trinajstić information content (AvgIpc) is 3.01. The SMILES string of the molecule is C[C@H]1CCCCO[C@H](CN(C)C(=O)CCC(F)(F)F)[C@@H](C)CN([C@@H](C)CO)C(=O)c2cc(NC(=O)Nc3ccccc3)ccc2O1. The van der Waals surface area contributed by atoms with Crippen LogP contribution in [0.25, 0.3) is 0 Å². The highest BCUT2D eigenvalue weighted by molar-refractivity contribution is 6.02. The molecule has 2 aromatic rings. The number of fused-ring (bicyclic) bond motifs is 1. The summed E-state index contributed by atoms with van der Waals surface area (Å²) in [5.41, 5.74) is 1.13. The summed E-state index contributed by atoms with van der Waals surface area (Å²) in [6.07, 6.45) is -5.08. The Labute approximate surface area is 268 Å². The number of alkyl halides is 3. The largest absolute Gasteiger partial charge is 0.490 e. The summed E-state index contributed by atoms with van der Waals surface area (Å²) < 4.78 is 50.6. The molecule has 3 N–H and O–H groups in total. The van der Waals surface area contributed by atoms with Crippen molar-refractivity contribution in [1.29, 1.82) is 0 Å². The molecule has 0 aliphatic carbocycles. The number of hydrogen-bond donors (Lipinski definition) is 3. The quantitative estimate of drug-likeness (QED) is 0.326. The topological polar surface area (TPSA) is 120 Å². The number of likely N-dealkylation sites (N-methyl/N-ethyl adjacent to an activating group) is 1. The summed E-state index contributed by atoms with van der Waals surface area (Å²) in [6, 6.07) is 12.6. The number of carbonyl (C=O) groups is 3. The van der Waals surface area contributed by atoms with Crippen molar-refractivity contribution in [3.8, 4) is 5.75 Å². The number of halogens is 3. The maximum absolute atomic E-state index is 14.2. The number of nitrogens with zero attached hydrogens (tertiary/aromatic N) is 2. The molecule has 4 atom stereocenters. The van der Waals surface area contributed by atoms with E-state index in [0.29, 0.717) is 36.6 Å². The molecule has 4 amide bonds. The van der Waals surface area contributed by atoms with Gasteiger partial charge in [-0.25, -0.2) is 4.79 Å². The Bertz CT molecular complexity index is 1300. The highest BCUT2D eigenvalue weighted by Gasteiger charge is 2.32. The average molecular weight is 651 g/mol. The fraction of sp³-hybridized carbons (Fsp3) is 0.545. The van der Waals surface area contributed by atoms with Gasteiger partial charge < -0.3 is 35.0 Å². The van der Waals surface area contributed by atoms with E-state index in [2.05, 4.69) is 10.6 Å². The maximum atomic E-state index is 14.2. The van der Waals surface area contributed by atoms with Gasteiger partial charge in [0.25, 0.3) is 5.91 Å². The Balaban J connectivity index is 1.89. The lowest BCUT2D eigenvalue weighted by Gasteiger charge is -2.36.